The molecule has 0 atom stereocenters. The minimum absolute atomic E-state index is 0.398. The maximum atomic E-state index is 11.6. The van der Waals surface area contributed by atoms with Gasteiger partial charge >= 0.3 is 5.97 Å². The molecule has 0 aromatic carbocycles. The minimum atomic E-state index is -0.409. The number of hydrogen-bond donors (Lipinski definition) is 1. The quantitative estimate of drug-likeness (QED) is 0.829. The first-order valence-corrected chi connectivity index (χ1v) is 6.82. The molecule has 2 N–H and O–H groups in total. The Morgan fingerprint density at radius 3 is 2.53 bits per heavy atom. The van der Waals surface area contributed by atoms with Gasteiger partial charge in [-0.15, -0.1) is 0 Å². The highest BCUT2D eigenvalue weighted by Gasteiger charge is 2.18. The molecule has 0 bridgehead atoms. The van der Waals surface area contributed by atoms with E-state index in [2.05, 4.69) is 9.88 Å². The van der Waals surface area contributed by atoms with Crippen LogP contribution in [0.4, 0.5) is 11.5 Å². The van der Waals surface area contributed by atoms with Gasteiger partial charge in [0.25, 0.3) is 0 Å². The van der Waals surface area contributed by atoms with Crippen LogP contribution in [0.2, 0.25) is 0 Å². The van der Waals surface area contributed by atoms with Gasteiger partial charge in [0.15, 0.2) is 5.82 Å². The Kier molecular flexibility index (Phi) is 4.60. The number of esters is 1. The Labute approximate surface area is 113 Å². The van der Waals surface area contributed by atoms with Crippen LogP contribution in [0.25, 0.3) is 0 Å². The van der Waals surface area contributed by atoms with Crippen molar-refractivity contribution in [1.82, 2.24) is 4.98 Å². The number of carbonyl (C=O) groups is 1. The molecular weight excluding hydrogens is 242 g/mol. The Morgan fingerprint density at radius 2 is 1.89 bits per heavy atom. The SMILES string of the molecule is COC(=O)c1ccnc(N2CCCCCCC2)c1N. The molecule has 104 valence electrons. The van der Waals surface area contributed by atoms with E-state index < -0.39 is 5.97 Å². The van der Waals surface area contributed by atoms with Gasteiger partial charge in [0.05, 0.1) is 18.4 Å². The molecule has 5 heteroatoms. The van der Waals surface area contributed by atoms with Crippen molar-refractivity contribution in [3.63, 3.8) is 0 Å². The van der Waals surface area contributed by atoms with E-state index in [9.17, 15) is 4.79 Å². The third-order valence-electron chi connectivity index (χ3n) is 3.53. The van der Waals surface area contributed by atoms with Crippen LogP contribution in [-0.4, -0.2) is 31.2 Å². The second-order valence-electron chi connectivity index (χ2n) is 4.84. The second-order valence-corrected chi connectivity index (χ2v) is 4.84. The average molecular weight is 263 g/mol. The summed E-state index contributed by atoms with van der Waals surface area (Å²) < 4.78 is 4.74. The number of methoxy groups -OCH3 is 1. The molecule has 2 rings (SSSR count). The van der Waals surface area contributed by atoms with E-state index in [1.54, 1.807) is 12.3 Å². The Bertz CT molecular complexity index is 440. The van der Waals surface area contributed by atoms with Crippen LogP contribution >= 0.6 is 0 Å². The van der Waals surface area contributed by atoms with Gasteiger partial charge in [-0.05, 0) is 18.9 Å². The lowest BCUT2D eigenvalue weighted by molar-refractivity contribution is 0.0602. The Hall–Kier alpha value is -1.78. The highest BCUT2D eigenvalue weighted by atomic mass is 16.5. The van der Waals surface area contributed by atoms with E-state index in [-0.39, 0.29) is 0 Å². The Morgan fingerprint density at radius 1 is 1.26 bits per heavy atom. The van der Waals surface area contributed by atoms with Gasteiger partial charge < -0.3 is 15.4 Å². The fraction of sp³-hybridized carbons (Fsp3) is 0.571. The first-order chi connectivity index (χ1) is 9.24. The van der Waals surface area contributed by atoms with Gasteiger partial charge in [0.2, 0.25) is 0 Å². The molecule has 1 aliphatic heterocycles. The van der Waals surface area contributed by atoms with Crippen molar-refractivity contribution in [3.8, 4) is 0 Å². The molecule has 19 heavy (non-hydrogen) atoms. The van der Waals surface area contributed by atoms with Gasteiger partial charge in [-0.2, -0.15) is 0 Å². The molecule has 0 spiro atoms. The zero-order valence-electron chi connectivity index (χ0n) is 11.4. The van der Waals surface area contributed by atoms with Crippen LogP contribution in [0.1, 0.15) is 42.5 Å². The summed E-state index contributed by atoms with van der Waals surface area (Å²) in [5.74, 6) is 0.304. The van der Waals surface area contributed by atoms with Crippen LogP contribution in [0.3, 0.4) is 0 Å². The van der Waals surface area contributed by atoms with Crippen molar-refractivity contribution in [2.75, 3.05) is 30.8 Å². The first kappa shape index (κ1) is 13.6. The molecule has 0 saturated carbocycles. The predicted molar refractivity (Wildman–Crippen MR) is 75.3 cm³/mol. The number of hydrogen-bond acceptors (Lipinski definition) is 5. The summed E-state index contributed by atoms with van der Waals surface area (Å²) in [7, 11) is 1.36. The number of nitrogens with zero attached hydrogens (tertiary/aromatic N) is 2. The fourth-order valence-corrected chi connectivity index (χ4v) is 2.46. The molecule has 1 aromatic rings. The fourth-order valence-electron chi connectivity index (χ4n) is 2.46. The Balaban J connectivity index is 2.25. The van der Waals surface area contributed by atoms with Gasteiger partial charge in [-0.1, -0.05) is 19.3 Å². The maximum absolute atomic E-state index is 11.6. The van der Waals surface area contributed by atoms with E-state index >= 15 is 0 Å². The van der Waals surface area contributed by atoms with Gasteiger partial charge in [-0.3, -0.25) is 0 Å². The number of pyridine rings is 1. The normalized spacial score (nSPS) is 16.6. The lowest BCUT2D eigenvalue weighted by Gasteiger charge is -2.27. The third kappa shape index (κ3) is 3.16. The lowest BCUT2D eigenvalue weighted by Crippen LogP contribution is -2.29. The zero-order chi connectivity index (χ0) is 13.7. The molecule has 1 fully saturated rings. The van der Waals surface area contributed by atoms with Crippen LogP contribution in [0.5, 0.6) is 0 Å². The molecule has 5 nitrogen and oxygen atoms in total. The summed E-state index contributed by atoms with van der Waals surface area (Å²) in [6.07, 6.45) is 7.70. The van der Waals surface area contributed by atoms with E-state index in [1.165, 1.54) is 26.4 Å². The number of nitrogen functional groups attached to an aromatic ring is 1. The molecule has 1 aliphatic rings. The largest absolute Gasteiger partial charge is 0.465 e. The average Bonchev–Trinajstić information content (AvgIpc) is 2.39. The van der Waals surface area contributed by atoms with E-state index in [4.69, 9.17) is 10.5 Å². The van der Waals surface area contributed by atoms with Crippen LogP contribution < -0.4 is 10.6 Å². The summed E-state index contributed by atoms with van der Waals surface area (Å²) >= 11 is 0. The minimum Gasteiger partial charge on any atom is -0.465 e. The van der Waals surface area contributed by atoms with Crippen molar-refractivity contribution < 1.29 is 9.53 Å². The van der Waals surface area contributed by atoms with Crippen molar-refractivity contribution in [1.29, 1.82) is 0 Å². The smallest absolute Gasteiger partial charge is 0.340 e. The van der Waals surface area contributed by atoms with Crippen molar-refractivity contribution >= 4 is 17.5 Å². The van der Waals surface area contributed by atoms with E-state index in [0.717, 1.165) is 25.9 Å². The highest BCUT2D eigenvalue weighted by Crippen LogP contribution is 2.26. The summed E-state index contributed by atoms with van der Waals surface area (Å²) in [5.41, 5.74) is 6.90. The highest BCUT2D eigenvalue weighted by molar-refractivity contribution is 5.97. The van der Waals surface area contributed by atoms with Gasteiger partial charge in [0, 0.05) is 19.3 Å². The van der Waals surface area contributed by atoms with Crippen LogP contribution in [0.15, 0.2) is 12.3 Å². The predicted octanol–water partition coefficient (Wildman–Crippen LogP) is 2.22. The first-order valence-electron chi connectivity index (χ1n) is 6.82. The summed E-state index contributed by atoms with van der Waals surface area (Å²) in [6.45, 7) is 1.89. The molecule has 0 unspecified atom stereocenters. The number of rotatable bonds is 2. The van der Waals surface area contributed by atoms with Gasteiger partial charge in [-0.25, -0.2) is 9.78 Å². The molecular formula is C14H21N3O2. The summed E-state index contributed by atoms with van der Waals surface area (Å²) in [5, 5.41) is 0. The molecule has 0 amide bonds. The number of ether oxygens (including phenoxy) is 1. The topological polar surface area (TPSA) is 68.5 Å². The van der Waals surface area contributed by atoms with Crippen LogP contribution in [0, 0.1) is 0 Å². The van der Waals surface area contributed by atoms with E-state index in [0.29, 0.717) is 17.1 Å². The maximum Gasteiger partial charge on any atom is 0.340 e. The summed E-state index contributed by atoms with van der Waals surface area (Å²) in [4.78, 5) is 18.2. The molecule has 1 saturated heterocycles. The summed E-state index contributed by atoms with van der Waals surface area (Å²) in [6, 6.07) is 1.61. The van der Waals surface area contributed by atoms with Crippen molar-refractivity contribution in [2.24, 2.45) is 0 Å². The lowest BCUT2D eigenvalue weighted by atomic mass is 10.1. The standard InChI is InChI=1S/C14H21N3O2/c1-19-14(18)11-7-8-16-13(12(11)15)17-9-5-3-2-4-6-10-17/h7-8H,2-6,9-10,15H2,1H3. The zero-order valence-corrected chi connectivity index (χ0v) is 11.4. The third-order valence-corrected chi connectivity index (χ3v) is 3.53. The number of aromatic nitrogens is 1. The van der Waals surface area contributed by atoms with E-state index in [1.807, 2.05) is 0 Å². The molecule has 1 aromatic heterocycles. The number of anilines is 2. The van der Waals surface area contributed by atoms with Crippen molar-refractivity contribution in [2.45, 2.75) is 32.1 Å². The molecule has 0 aliphatic carbocycles. The van der Waals surface area contributed by atoms with Crippen molar-refractivity contribution in [3.05, 3.63) is 17.8 Å². The molecule has 2 heterocycles. The van der Waals surface area contributed by atoms with Gasteiger partial charge in [0.1, 0.15) is 0 Å². The van der Waals surface area contributed by atoms with Crippen LogP contribution in [-0.2, 0) is 4.74 Å². The number of nitrogens with two attached hydrogens (primary N) is 1. The number of carbonyl (C=O) groups excluding carboxylic acids is 1. The monoisotopic (exact) mass is 263 g/mol. The molecule has 0 radical (unpaired) electrons. The second kappa shape index (κ2) is 6.41.